The first-order valence-corrected chi connectivity index (χ1v) is 2.78. The fourth-order valence-corrected chi connectivity index (χ4v) is 0. The number of carboxylic acid groups (broad SMARTS) is 3. The first-order chi connectivity index (χ1) is 5.20. The molecule has 16 heavy (non-hydrogen) atoms. The Hall–Kier alpha value is -0.788. The van der Waals surface area contributed by atoms with Crippen LogP contribution in [0.4, 0.5) is 0 Å². The fourth-order valence-electron chi connectivity index (χ4n) is 0. The fraction of sp³-hybridized carbons (Fsp3) is 0.500. The van der Waals surface area contributed by atoms with E-state index >= 15 is 0 Å². The van der Waals surface area contributed by atoms with Crippen LogP contribution in [0.3, 0.4) is 0 Å². The molecule has 0 aliphatic heterocycles. The molecule has 9 nitrogen and oxygen atoms in total. The van der Waals surface area contributed by atoms with Crippen molar-refractivity contribution >= 4 is 45.2 Å². The van der Waals surface area contributed by atoms with Gasteiger partial charge in [0, 0.05) is 48.1 Å². The molecule has 4 radical (unpaired) electrons. The van der Waals surface area contributed by atoms with Crippen LogP contribution in [0, 0.1) is 0 Å². The van der Waals surface area contributed by atoms with Crippen molar-refractivity contribution in [3.63, 3.8) is 0 Å². The zero-order valence-corrected chi connectivity index (χ0v) is 13.0. The van der Waals surface area contributed by atoms with Gasteiger partial charge in [0.25, 0.3) is 17.9 Å². The second-order valence-corrected chi connectivity index (χ2v) is 1.56. The van der Waals surface area contributed by atoms with E-state index in [1.54, 1.807) is 0 Å². The minimum atomic E-state index is -0.833. The van der Waals surface area contributed by atoms with Gasteiger partial charge < -0.3 is 31.7 Å². The molecule has 10 heteroatoms. The molecule has 0 amide bonds. The van der Waals surface area contributed by atoms with Crippen LogP contribution in [0.1, 0.15) is 20.8 Å². The van der Waals surface area contributed by atoms with E-state index in [9.17, 15) is 0 Å². The van der Waals surface area contributed by atoms with E-state index in [1.807, 2.05) is 0 Å². The molecular weight excluding hydrogens is 423 g/mol. The van der Waals surface area contributed by atoms with Crippen LogP contribution in [0.2, 0.25) is 0 Å². The predicted molar refractivity (Wildman–Crippen MR) is 56.5 cm³/mol. The van der Waals surface area contributed by atoms with Gasteiger partial charge in [-0.3, -0.25) is 14.4 Å². The maximum atomic E-state index is 9.00. The molecule has 0 aliphatic rings. The molecule has 100 valence electrons. The van der Waals surface area contributed by atoms with Crippen molar-refractivity contribution < 1.29 is 46.1 Å². The zero-order chi connectivity index (χ0) is 10.7. The van der Waals surface area contributed by atoms with Gasteiger partial charge in [0.05, 0.1) is 0 Å². The minimum Gasteiger partial charge on any atom is -0.481 e. The monoisotopic (exact) mass is 442 g/mol. The van der Waals surface area contributed by atoms with Gasteiger partial charge in [-0.2, -0.15) is 0 Å². The van der Waals surface area contributed by atoms with Crippen molar-refractivity contribution in [1.29, 1.82) is 0 Å². The predicted octanol–water partition coefficient (Wildman–Crippen LogP) is -2.58. The molecule has 0 atom stereocenters. The second-order valence-electron chi connectivity index (χ2n) is 1.56. The summed E-state index contributed by atoms with van der Waals surface area (Å²) < 4.78 is 0. The molecule has 0 heterocycles. The Morgan fingerprint density at radius 1 is 0.625 bits per heavy atom. The quantitative estimate of drug-likeness (QED) is 0.344. The maximum Gasteiger partial charge on any atom is 0.300 e. The molecule has 0 aromatic carbocycles. The van der Waals surface area contributed by atoms with Gasteiger partial charge in [-0.25, -0.2) is 0 Å². The van der Waals surface area contributed by atoms with Gasteiger partial charge in [0.2, 0.25) is 0 Å². The van der Waals surface area contributed by atoms with Gasteiger partial charge in [-0.15, -0.1) is 0 Å². The Morgan fingerprint density at radius 2 is 0.625 bits per heavy atom. The summed E-state index contributed by atoms with van der Waals surface area (Å²) in [7, 11) is 0. The number of hydrogen-bond donors (Lipinski definition) is 3. The van der Waals surface area contributed by atoms with Gasteiger partial charge in [0.1, 0.15) is 0 Å². The number of aliphatic carboxylic acids is 3. The summed E-state index contributed by atoms with van der Waals surface area (Å²) in [6.07, 6.45) is 0. The number of rotatable bonds is 0. The zero-order valence-electron chi connectivity index (χ0n) is 9.07. The Labute approximate surface area is 112 Å². The normalized spacial score (nSPS) is 4.69. The van der Waals surface area contributed by atoms with Crippen LogP contribution in [0.15, 0.2) is 0 Å². The summed E-state index contributed by atoms with van der Waals surface area (Å²) in [5.41, 5.74) is 0. The Kier molecular flexibility index (Phi) is 105. The third-order valence-corrected chi connectivity index (χ3v) is 0. The molecule has 0 fully saturated rings. The summed E-state index contributed by atoms with van der Waals surface area (Å²) in [5, 5.41) is 22.2. The van der Waals surface area contributed by atoms with Crippen LogP contribution < -0.4 is 0 Å². The smallest absolute Gasteiger partial charge is 0.300 e. The molecule has 0 bridgehead atoms. The van der Waals surface area contributed by atoms with E-state index in [0.29, 0.717) is 0 Å². The maximum absolute atomic E-state index is 9.00. The van der Waals surface area contributed by atoms with E-state index in [0.717, 1.165) is 20.8 Å². The van der Waals surface area contributed by atoms with E-state index in [1.165, 1.54) is 0 Å². The Bertz CT molecular complexity index is 118. The molecule has 0 aromatic heterocycles. The van der Waals surface area contributed by atoms with Crippen molar-refractivity contribution in [2.75, 3.05) is 0 Å². The molecular formula is C6H18O9Pb. The van der Waals surface area contributed by atoms with Gasteiger partial charge in [-0.1, -0.05) is 0 Å². The molecule has 0 saturated heterocycles. The molecule has 0 aliphatic carbocycles. The van der Waals surface area contributed by atoms with Crippen molar-refractivity contribution in [1.82, 2.24) is 0 Å². The minimum absolute atomic E-state index is 0. The third-order valence-electron chi connectivity index (χ3n) is 0. The second kappa shape index (κ2) is 36.8. The van der Waals surface area contributed by atoms with E-state index in [4.69, 9.17) is 29.7 Å². The summed E-state index contributed by atoms with van der Waals surface area (Å²) in [6.45, 7) is 3.25. The van der Waals surface area contributed by atoms with E-state index in [-0.39, 0.29) is 43.7 Å². The van der Waals surface area contributed by atoms with Crippen LogP contribution in [0.25, 0.3) is 0 Å². The summed E-state index contributed by atoms with van der Waals surface area (Å²) >= 11 is 0. The van der Waals surface area contributed by atoms with Crippen molar-refractivity contribution in [3.8, 4) is 0 Å². The van der Waals surface area contributed by atoms with Crippen molar-refractivity contribution in [2.45, 2.75) is 20.8 Å². The van der Waals surface area contributed by atoms with Crippen LogP contribution >= 0.6 is 0 Å². The number of carboxylic acids is 3. The summed E-state index contributed by atoms with van der Waals surface area (Å²) in [4.78, 5) is 27.0. The largest absolute Gasteiger partial charge is 0.481 e. The van der Waals surface area contributed by atoms with E-state index < -0.39 is 17.9 Å². The average molecular weight is 441 g/mol. The first kappa shape index (κ1) is 45.6. The molecule has 0 unspecified atom stereocenters. The summed E-state index contributed by atoms with van der Waals surface area (Å²) in [5.74, 6) is -2.50. The van der Waals surface area contributed by atoms with Crippen LogP contribution in [0.5, 0.6) is 0 Å². The topological polar surface area (TPSA) is 206 Å². The van der Waals surface area contributed by atoms with Crippen molar-refractivity contribution in [3.05, 3.63) is 0 Å². The molecule has 9 N–H and O–H groups in total. The molecule has 0 rings (SSSR count). The van der Waals surface area contributed by atoms with Gasteiger partial charge in [0.15, 0.2) is 0 Å². The number of carbonyl (C=O) groups is 3. The number of hydrogen-bond acceptors (Lipinski definition) is 3. The van der Waals surface area contributed by atoms with Crippen LogP contribution in [-0.2, 0) is 14.4 Å². The molecule has 0 aromatic rings. The summed E-state index contributed by atoms with van der Waals surface area (Å²) in [6, 6.07) is 0. The van der Waals surface area contributed by atoms with Crippen LogP contribution in [-0.4, -0.2) is 77.0 Å². The Morgan fingerprint density at radius 3 is 0.625 bits per heavy atom. The average Bonchev–Trinajstić information content (AvgIpc) is 1.54. The third kappa shape index (κ3) is 3170. The standard InChI is InChI=1S/3C2H4O2.3H2O.Pb/c3*1-2(3)4;;;;/h3*1H3,(H,3,4);3*1H2;. The molecule has 0 saturated carbocycles. The van der Waals surface area contributed by atoms with E-state index in [2.05, 4.69) is 0 Å². The molecule has 0 spiro atoms. The van der Waals surface area contributed by atoms with Gasteiger partial charge in [-0.05, 0) is 0 Å². The van der Waals surface area contributed by atoms with Crippen molar-refractivity contribution in [2.24, 2.45) is 0 Å². The first-order valence-electron chi connectivity index (χ1n) is 2.78. The Balaban J connectivity index is -0.0000000135. The SMILES string of the molecule is CC(=O)O.CC(=O)O.CC(=O)O.O.O.O.[Pb]. The van der Waals surface area contributed by atoms with Gasteiger partial charge >= 0.3 is 0 Å².